The van der Waals surface area contributed by atoms with Crippen LogP contribution >= 0.6 is 27.3 Å². The quantitative estimate of drug-likeness (QED) is 0.829. The number of halogens is 2. The Morgan fingerprint density at radius 1 is 1.26 bits per heavy atom. The zero-order valence-corrected chi connectivity index (χ0v) is 13.4. The minimum absolute atomic E-state index is 0.193. The summed E-state index contributed by atoms with van der Waals surface area (Å²) >= 11 is 5.30. The molecule has 19 heavy (non-hydrogen) atoms. The minimum atomic E-state index is -0.213. The Morgan fingerprint density at radius 3 is 2.58 bits per heavy atom. The van der Waals surface area contributed by atoms with Crippen LogP contribution in [0.15, 0.2) is 34.8 Å². The molecule has 1 unspecified atom stereocenters. The molecule has 0 fully saturated rings. The van der Waals surface area contributed by atoms with Crippen LogP contribution in [0, 0.1) is 5.82 Å². The van der Waals surface area contributed by atoms with Crippen molar-refractivity contribution in [1.29, 1.82) is 0 Å². The van der Waals surface area contributed by atoms with E-state index in [0.29, 0.717) is 0 Å². The lowest BCUT2D eigenvalue weighted by molar-refractivity contribution is 0.586. The molecule has 2 rings (SSSR count). The Labute approximate surface area is 126 Å². The van der Waals surface area contributed by atoms with Crippen LogP contribution in [-0.4, -0.2) is 7.05 Å². The van der Waals surface area contributed by atoms with E-state index >= 15 is 0 Å². The molecule has 1 N–H and O–H groups in total. The number of nitrogens with one attached hydrogen (secondary N) is 1. The first kappa shape index (κ1) is 14.7. The zero-order valence-electron chi connectivity index (χ0n) is 11.0. The number of hydrogen-bond donors (Lipinski definition) is 1. The molecule has 0 saturated carbocycles. The van der Waals surface area contributed by atoms with Crippen LogP contribution in [0.1, 0.15) is 28.3 Å². The lowest BCUT2D eigenvalue weighted by Gasteiger charge is -2.17. The second-order valence-corrected chi connectivity index (χ2v) is 6.54. The van der Waals surface area contributed by atoms with Gasteiger partial charge in [-0.3, -0.25) is 0 Å². The van der Waals surface area contributed by atoms with Crippen molar-refractivity contribution in [2.24, 2.45) is 0 Å². The summed E-state index contributed by atoms with van der Waals surface area (Å²) in [4.78, 5) is 2.76. The summed E-state index contributed by atoms with van der Waals surface area (Å²) in [5.74, 6) is -0.213. The lowest BCUT2D eigenvalue weighted by atomic mass is 10.0. The van der Waals surface area contributed by atoms with Crippen molar-refractivity contribution in [1.82, 2.24) is 5.32 Å². The molecule has 1 aromatic carbocycles. The average molecular weight is 342 g/mol. The van der Waals surface area contributed by atoms with Crippen molar-refractivity contribution < 1.29 is 4.39 Å². The maximum Gasteiger partial charge on any atom is 0.124 e. The molecule has 0 radical (unpaired) electrons. The van der Waals surface area contributed by atoms with E-state index in [9.17, 15) is 4.39 Å². The molecule has 0 spiro atoms. The van der Waals surface area contributed by atoms with Crippen LogP contribution in [0.4, 0.5) is 4.39 Å². The van der Waals surface area contributed by atoms with Crippen molar-refractivity contribution in [3.63, 3.8) is 0 Å². The first-order valence-electron chi connectivity index (χ1n) is 6.33. The number of likely N-dealkylation sites (N-methyl/N-ethyl adjacent to an activating group) is 1. The van der Waals surface area contributed by atoms with E-state index in [4.69, 9.17) is 0 Å². The third-order valence-corrected chi connectivity index (χ3v) is 5.10. The van der Waals surface area contributed by atoms with Gasteiger partial charge in [0.15, 0.2) is 0 Å². The Morgan fingerprint density at radius 2 is 2.00 bits per heavy atom. The highest BCUT2D eigenvalue weighted by molar-refractivity contribution is 9.10. The summed E-state index contributed by atoms with van der Waals surface area (Å²) in [6.07, 6.45) is 2.00. The van der Waals surface area contributed by atoms with E-state index < -0.39 is 0 Å². The van der Waals surface area contributed by atoms with Gasteiger partial charge in [0.05, 0.1) is 0 Å². The summed E-state index contributed by atoms with van der Waals surface area (Å²) in [6.45, 7) is 2.17. The number of thiophene rings is 1. The molecule has 2 aromatic rings. The molecule has 4 heteroatoms. The van der Waals surface area contributed by atoms with Crippen molar-refractivity contribution >= 4 is 27.3 Å². The lowest BCUT2D eigenvalue weighted by Crippen LogP contribution is -2.19. The zero-order chi connectivity index (χ0) is 13.8. The summed E-state index contributed by atoms with van der Waals surface area (Å²) in [6, 6.07) is 9.44. The van der Waals surface area contributed by atoms with Gasteiger partial charge in [0.2, 0.25) is 0 Å². The fourth-order valence-corrected chi connectivity index (χ4v) is 3.71. The fourth-order valence-electron chi connectivity index (χ4n) is 2.07. The predicted molar refractivity (Wildman–Crippen MR) is 83.3 cm³/mol. The van der Waals surface area contributed by atoms with Crippen molar-refractivity contribution in [2.75, 3.05) is 7.05 Å². The van der Waals surface area contributed by atoms with Gasteiger partial charge in [-0.05, 0) is 43.3 Å². The highest BCUT2D eigenvalue weighted by Crippen LogP contribution is 2.29. The van der Waals surface area contributed by atoms with Gasteiger partial charge in [-0.15, -0.1) is 11.3 Å². The predicted octanol–water partition coefficient (Wildman–Crippen LogP) is 4.72. The van der Waals surface area contributed by atoms with Gasteiger partial charge in [0, 0.05) is 26.7 Å². The number of aryl methyl sites for hydroxylation is 1. The average Bonchev–Trinajstić information content (AvgIpc) is 2.84. The topological polar surface area (TPSA) is 12.0 Å². The molecule has 0 bridgehead atoms. The summed E-state index contributed by atoms with van der Waals surface area (Å²) in [7, 11) is 1.94. The van der Waals surface area contributed by atoms with Crippen LogP contribution in [0.3, 0.4) is 0 Å². The smallest absolute Gasteiger partial charge is 0.124 e. The van der Waals surface area contributed by atoms with Gasteiger partial charge in [-0.2, -0.15) is 0 Å². The third-order valence-electron chi connectivity index (χ3n) is 3.16. The Kier molecular flexibility index (Phi) is 5.13. The highest BCUT2D eigenvalue weighted by Gasteiger charge is 2.15. The molecule has 0 aliphatic rings. The van der Waals surface area contributed by atoms with E-state index in [1.807, 2.05) is 24.5 Å². The van der Waals surface area contributed by atoms with Crippen molar-refractivity contribution in [3.8, 4) is 0 Å². The first-order chi connectivity index (χ1) is 9.13. The van der Waals surface area contributed by atoms with Crippen molar-refractivity contribution in [2.45, 2.75) is 25.8 Å². The first-order valence-corrected chi connectivity index (χ1v) is 7.94. The van der Waals surface area contributed by atoms with Crippen LogP contribution < -0.4 is 5.32 Å². The maximum absolute atomic E-state index is 13.1. The normalized spacial score (nSPS) is 12.6. The number of benzene rings is 1. The molecule has 1 nitrogen and oxygen atoms in total. The molecule has 0 saturated heterocycles. The molecule has 0 aliphatic carbocycles. The van der Waals surface area contributed by atoms with Crippen LogP contribution in [0.2, 0.25) is 0 Å². The van der Waals surface area contributed by atoms with Crippen LogP contribution in [0.5, 0.6) is 0 Å². The van der Waals surface area contributed by atoms with Crippen molar-refractivity contribution in [3.05, 3.63) is 55.9 Å². The van der Waals surface area contributed by atoms with E-state index in [0.717, 1.165) is 22.9 Å². The van der Waals surface area contributed by atoms with E-state index in [1.165, 1.54) is 21.9 Å². The van der Waals surface area contributed by atoms with E-state index in [1.54, 1.807) is 0 Å². The van der Waals surface area contributed by atoms with Crippen LogP contribution in [-0.2, 0) is 12.8 Å². The Bertz CT molecular complexity index is 553. The summed E-state index contributed by atoms with van der Waals surface area (Å²) < 4.78 is 14.0. The molecule has 0 amide bonds. The fraction of sp³-hybridized carbons (Fsp3) is 0.333. The van der Waals surface area contributed by atoms with E-state index in [-0.39, 0.29) is 11.9 Å². The molecule has 102 valence electrons. The third kappa shape index (κ3) is 3.65. The standard InChI is InChI=1S/C15H17BrFNS/c1-3-11-5-6-12(19-11)9-15(18-2)13-7-4-10(17)8-14(13)16/h4-8,15,18H,3,9H2,1-2H3. The molecule has 0 aliphatic heterocycles. The van der Waals surface area contributed by atoms with Gasteiger partial charge in [-0.25, -0.2) is 4.39 Å². The number of hydrogen-bond acceptors (Lipinski definition) is 2. The van der Waals surface area contributed by atoms with Gasteiger partial charge < -0.3 is 5.32 Å². The summed E-state index contributed by atoms with van der Waals surface area (Å²) in [5.41, 5.74) is 1.09. The molecule has 1 heterocycles. The largest absolute Gasteiger partial charge is 0.313 e. The second-order valence-electron chi connectivity index (χ2n) is 4.43. The molecular formula is C15H17BrFNS. The Balaban J connectivity index is 2.19. The van der Waals surface area contributed by atoms with Gasteiger partial charge in [-0.1, -0.05) is 28.9 Å². The molecular weight excluding hydrogens is 325 g/mol. The second kappa shape index (κ2) is 6.64. The number of rotatable bonds is 5. The maximum atomic E-state index is 13.1. The van der Waals surface area contributed by atoms with Gasteiger partial charge in [0.25, 0.3) is 0 Å². The van der Waals surface area contributed by atoms with Gasteiger partial charge in [0.1, 0.15) is 5.82 Å². The monoisotopic (exact) mass is 341 g/mol. The Hall–Kier alpha value is -0.710. The molecule has 1 aromatic heterocycles. The SMILES string of the molecule is CCc1ccc(CC(NC)c2ccc(F)cc2Br)s1. The van der Waals surface area contributed by atoms with E-state index in [2.05, 4.69) is 40.3 Å². The minimum Gasteiger partial charge on any atom is -0.313 e. The molecule has 1 atom stereocenters. The highest BCUT2D eigenvalue weighted by atomic mass is 79.9. The van der Waals surface area contributed by atoms with Crippen LogP contribution in [0.25, 0.3) is 0 Å². The van der Waals surface area contributed by atoms with Gasteiger partial charge >= 0.3 is 0 Å². The summed E-state index contributed by atoms with van der Waals surface area (Å²) in [5, 5.41) is 3.31.